The fourth-order valence-electron chi connectivity index (χ4n) is 2.18. The van der Waals surface area contributed by atoms with E-state index in [1.54, 1.807) is 43.5 Å². The zero-order valence-electron chi connectivity index (χ0n) is 14.0. The molecule has 0 saturated heterocycles. The van der Waals surface area contributed by atoms with E-state index in [0.29, 0.717) is 5.75 Å². The minimum atomic E-state index is -1.17. The Bertz CT molecular complexity index is 923. The summed E-state index contributed by atoms with van der Waals surface area (Å²) < 4.78 is 5.22. The Hall–Kier alpha value is -3.85. The average Bonchev–Trinajstić information content (AvgIpc) is 2.65. The van der Waals surface area contributed by atoms with Crippen LogP contribution in [0.4, 0.5) is 5.69 Å². The molecule has 2 N–H and O–H groups in total. The molecule has 0 saturated carbocycles. The normalized spacial score (nSPS) is 11.0. The monoisotopic (exact) mass is 348 g/mol. The van der Waals surface area contributed by atoms with Crippen LogP contribution >= 0.6 is 0 Å². The number of allylic oxidation sites excluding steroid dienone is 2. The summed E-state index contributed by atoms with van der Waals surface area (Å²) in [7, 11) is 1.55. The molecule has 6 nitrogen and oxygen atoms in total. The van der Waals surface area contributed by atoms with E-state index in [1.165, 1.54) is 18.2 Å². The second kappa shape index (κ2) is 8.85. The number of para-hydroxylation sites is 2. The molecule has 0 spiro atoms. The van der Waals surface area contributed by atoms with Crippen molar-refractivity contribution in [2.24, 2.45) is 0 Å². The summed E-state index contributed by atoms with van der Waals surface area (Å²) in [5.74, 6) is -1.19. The molecule has 0 aliphatic rings. The van der Waals surface area contributed by atoms with Gasteiger partial charge in [-0.1, -0.05) is 42.5 Å². The van der Waals surface area contributed by atoms with Crippen molar-refractivity contribution in [1.29, 1.82) is 5.26 Å². The zero-order valence-corrected chi connectivity index (χ0v) is 14.0. The highest BCUT2D eigenvalue weighted by Crippen LogP contribution is 2.19. The van der Waals surface area contributed by atoms with Crippen molar-refractivity contribution < 1.29 is 19.4 Å². The lowest BCUT2D eigenvalue weighted by Gasteiger charge is -2.07. The van der Waals surface area contributed by atoms with Gasteiger partial charge in [0.1, 0.15) is 17.4 Å². The number of carboxylic acids is 1. The fraction of sp³-hybridized carbons (Fsp3) is 0.0500. The number of anilines is 1. The van der Waals surface area contributed by atoms with E-state index >= 15 is 0 Å². The van der Waals surface area contributed by atoms with Crippen LogP contribution in [0.5, 0.6) is 5.75 Å². The third-order valence-electron chi connectivity index (χ3n) is 3.45. The summed E-state index contributed by atoms with van der Waals surface area (Å²) in [6, 6.07) is 15.1. The molecule has 0 aromatic heterocycles. The Balaban J connectivity index is 2.19. The average molecular weight is 348 g/mol. The largest absolute Gasteiger partial charge is 0.496 e. The van der Waals surface area contributed by atoms with Crippen molar-refractivity contribution in [1.82, 2.24) is 0 Å². The van der Waals surface area contributed by atoms with Gasteiger partial charge in [-0.25, -0.2) is 4.79 Å². The van der Waals surface area contributed by atoms with E-state index in [0.717, 1.165) is 5.56 Å². The van der Waals surface area contributed by atoms with Crippen molar-refractivity contribution in [3.8, 4) is 11.8 Å². The molecule has 2 aromatic carbocycles. The SMILES string of the molecule is COc1ccccc1C=CC=C(C#N)C(=O)Nc1ccccc1C(=O)O. The Morgan fingerprint density at radius 2 is 1.85 bits per heavy atom. The van der Waals surface area contributed by atoms with Gasteiger partial charge in [0.15, 0.2) is 0 Å². The van der Waals surface area contributed by atoms with Gasteiger partial charge in [-0.2, -0.15) is 5.26 Å². The summed E-state index contributed by atoms with van der Waals surface area (Å²) in [5.41, 5.74) is 0.707. The maximum Gasteiger partial charge on any atom is 0.337 e. The van der Waals surface area contributed by atoms with Crippen LogP contribution in [-0.2, 0) is 4.79 Å². The first-order valence-corrected chi connectivity index (χ1v) is 7.62. The van der Waals surface area contributed by atoms with Gasteiger partial charge in [0.2, 0.25) is 0 Å². The minimum Gasteiger partial charge on any atom is -0.496 e. The van der Waals surface area contributed by atoms with Crippen molar-refractivity contribution in [2.75, 3.05) is 12.4 Å². The lowest BCUT2D eigenvalue weighted by Crippen LogP contribution is -2.16. The molecule has 0 fully saturated rings. The standard InChI is InChI=1S/C20H16N2O4/c1-26-18-12-5-2-7-14(18)8-6-9-15(13-21)19(23)22-17-11-4-3-10-16(17)20(24)25/h2-12H,1H3,(H,22,23)(H,24,25). The first kappa shape index (κ1) is 18.5. The third kappa shape index (κ3) is 4.58. The lowest BCUT2D eigenvalue weighted by atomic mass is 10.1. The molecule has 0 aliphatic carbocycles. The van der Waals surface area contributed by atoms with E-state index in [4.69, 9.17) is 9.84 Å². The van der Waals surface area contributed by atoms with Gasteiger partial charge in [0.25, 0.3) is 5.91 Å². The van der Waals surface area contributed by atoms with E-state index in [9.17, 15) is 14.9 Å². The number of amides is 1. The molecule has 6 heteroatoms. The smallest absolute Gasteiger partial charge is 0.337 e. The van der Waals surface area contributed by atoms with Crippen LogP contribution in [-0.4, -0.2) is 24.1 Å². The number of methoxy groups -OCH3 is 1. The summed E-state index contributed by atoms with van der Waals surface area (Å²) in [6.07, 6.45) is 4.61. The fourth-order valence-corrected chi connectivity index (χ4v) is 2.18. The molecule has 2 rings (SSSR count). The van der Waals surface area contributed by atoms with E-state index in [2.05, 4.69) is 5.32 Å². The van der Waals surface area contributed by atoms with Gasteiger partial charge >= 0.3 is 5.97 Å². The molecule has 0 unspecified atom stereocenters. The Labute approximate surface area is 150 Å². The maximum absolute atomic E-state index is 12.2. The number of nitriles is 1. The second-order valence-corrected chi connectivity index (χ2v) is 5.10. The molecule has 0 heterocycles. The summed E-state index contributed by atoms with van der Waals surface area (Å²) >= 11 is 0. The first-order chi connectivity index (χ1) is 12.6. The van der Waals surface area contributed by atoms with Crippen molar-refractivity contribution in [3.05, 3.63) is 77.4 Å². The number of carbonyl (C=O) groups is 2. The molecular weight excluding hydrogens is 332 g/mol. The number of ether oxygens (including phenoxy) is 1. The molecule has 26 heavy (non-hydrogen) atoms. The number of nitrogens with one attached hydrogen (secondary N) is 1. The zero-order chi connectivity index (χ0) is 18.9. The summed E-state index contributed by atoms with van der Waals surface area (Å²) in [5, 5.41) is 20.8. The van der Waals surface area contributed by atoms with Gasteiger partial charge in [0, 0.05) is 5.56 Å². The molecule has 0 radical (unpaired) electrons. The first-order valence-electron chi connectivity index (χ1n) is 7.62. The van der Waals surface area contributed by atoms with Gasteiger partial charge in [-0.3, -0.25) is 4.79 Å². The van der Waals surface area contributed by atoms with Crippen LogP contribution in [0.1, 0.15) is 15.9 Å². The van der Waals surface area contributed by atoms with Crippen molar-refractivity contribution in [3.63, 3.8) is 0 Å². The quantitative estimate of drug-likeness (QED) is 0.473. The molecule has 0 atom stereocenters. The van der Waals surface area contributed by atoms with Crippen molar-refractivity contribution in [2.45, 2.75) is 0 Å². The van der Waals surface area contributed by atoms with E-state index in [-0.39, 0.29) is 16.8 Å². The number of hydrogen-bond donors (Lipinski definition) is 2. The van der Waals surface area contributed by atoms with Crippen LogP contribution in [0.15, 0.2) is 66.3 Å². The molecule has 130 valence electrons. The minimum absolute atomic E-state index is 0.0531. The summed E-state index contributed by atoms with van der Waals surface area (Å²) in [6.45, 7) is 0. The van der Waals surface area contributed by atoms with E-state index in [1.807, 2.05) is 18.2 Å². The van der Waals surface area contributed by atoms with Crippen LogP contribution in [0.2, 0.25) is 0 Å². The Kier molecular flexibility index (Phi) is 6.29. The molecule has 0 aliphatic heterocycles. The van der Waals surface area contributed by atoms with Crippen LogP contribution < -0.4 is 10.1 Å². The summed E-state index contributed by atoms with van der Waals surface area (Å²) in [4.78, 5) is 23.4. The Morgan fingerprint density at radius 3 is 2.54 bits per heavy atom. The lowest BCUT2D eigenvalue weighted by molar-refractivity contribution is -0.112. The maximum atomic E-state index is 12.2. The molecule has 1 amide bonds. The van der Waals surface area contributed by atoms with Gasteiger partial charge in [-0.05, 0) is 24.3 Å². The van der Waals surface area contributed by atoms with Gasteiger partial charge in [0.05, 0.1) is 18.4 Å². The van der Waals surface area contributed by atoms with E-state index < -0.39 is 11.9 Å². The number of carbonyl (C=O) groups excluding carboxylic acids is 1. The Morgan fingerprint density at radius 1 is 1.15 bits per heavy atom. The van der Waals surface area contributed by atoms with Gasteiger partial charge in [-0.15, -0.1) is 0 Å². The van der Waals surface area contributed by atoms with Crippen molar-refractivity contribution >= 4 is 23.6 Å². The number of rotatable bonds is 6. The van der Waals surface area contributed by atoms with Crippen LogP contribution in [0.25, 0.3) is 6.08 Å². The topological polar surface area (TPSA) is 99.4 Å². The number of benzene rings is 2. The molecule has 2 aromatic rings. The molecule has 0 bridgehead atoms. The number of carboxylic acid groups (broad SMARTS) is 1. The van der Waals surface area contributed by atoms with Crippen LogP contribution in [0.3, 0.4) is 0 Å². The highest BCUT2D eigenvalue weighted by molar-refractivity contribution is 6.09. The predicted molar refractivity (Wildman–Crippen MR) is 97.8 cm³/mol. The number of aromatic carboxylic acids is 1. The second-order valence-electron chi connectivity index (χ2n) is 5.10. The molecular formula is C20H16N2O4. The highest BCUT2D eigenvalue weighted by Gasteiger charge is 2.14. The third-order valence-corrected chi connectivity index (χ3v) is 3.45. The number of hydrogen-bond acceptors (Lipinski definition) is 4. The van der Waals surface area contributed by atoms with Crippen LogP contribution in [0, 0.1) is 11.3 Å². The highest BCUT2D eigenvalue weighted by atomic mass is 16.5. The predicted octanol–water partition coefficient (Wildman–Crippen LogP) is 3.50. The number of nitrogens with zero attached hydrogens (tertiary/aromatic N) is 1. The van der Waals surface area contributed by atoms with Gasteiger partial charge < -0.3 is 15.2 Å².